The van der Waals surface area contributed by atoms with Crippen LogP contribution in [0.15, 0.2) is 12.7 Å². The molecule has 0 aliphatic carbocycles. The number of hydrogen-bond donors (Lipinski definition) is 1. The maximum atomic E-state index is 11.2. The van der Waals surface area contributed by atoms with E-state index in [4.69, 9.17) is 0 Å². The maximum Gasteiger partial charge on any atom is 0.243 e. The fourth-order valence-electron chi connectivity index (χ4n) is 1.51. The molecule has 0 aliphatic heterocycles. The van der Waals surface area contributed by atoms with Crippen LogP contribution in [0.3, 0.4) is 0 Å². The molecule has 0 aliphatic rings. The van der Waals surface area contributed by atoms with Crippen LogP contribution in [0.4, 0.5) is 0 Å². The lowest BCUT2D eigenvalue weighted by Crippen LogP contribution is -2.48. The molecule has 0 spiro atoms. The molecule has 0 atom stereocenters. The highest BCUT2D eigenvalue weighted by atomic mass is 16.1. The van der Waals surface area contributed by atoms with Gasteiger partial charge in [-0.3, -0.25) is 9.59 Å². The van der Waals surface area contributed by atoms with Crippen LogP contribution >= 0.6 is 0 Å². The smallest absolute Gasteiger partial charge is 0.243 e. The molecule has 1 amide bonds. The Labute approximate surface area is 85.6 Å². The summed E-state index contributed by atoms with van der Waals surface area (Å²) < 4.78 is 0. The Hall–Kier alpha value is -1.12. The third-order valence-electron chi connectivity index (χ3n) is 2.51. The molecular formula is C11H19NO2. The number of carbonyl (C=O) groups excluding carboxylic acids is 2. The number of amides is 1. The largest absolute Gasteiger partial charge is 0.347 e. The maximum absolute atomic E-state index is 11.2. The van der Waals surface area contributed by atoms with Crippen LogP contribution in [0.25, 0.3) is 0 Å². The second kappa shape index (κ2) is 5.58. The van der Waals surface area contributed by atoms with Crippen LogP contribution in [0.5, 0.6) is 0 Å². The molecule has 0 aromatic heterocycles. The standard InChI is InChI=1S/C11H19NO2/c1-5-10(14)12-11(6-2,7-3)8-9(4)13/h5H,1,6-8H2,2-4H3,(H,12,14). The van der Waals surface area contributed by atoms with Crippen molar-refractivity contribution in [3.05, 3.63) is 12.7 Å². The molecule has 0 rings (SSSR count). The normalized spacial score (nSPS) is 10.8. The van der Waals surface area contributed by atoms with E-state index in [0.717, 1.165) is 12.8 Å². The first-order chi connectivity index (χ1) is 6.49. The molecule has 0 saturated carbocycles. The molecule has 0 bridgehead atoms. The van der Waals surface area contributed by atoms with E-state index in [1.807, 2.05) is 13.8 Å². The molecule has 3 heteroatoms. The molecule has 0 radical (unpaired) electrons. The van der Waals surface area contributed by atoms with Gasteiger partial charge < -0.3 is 5.32 Å². The van der Waals surface area contributed by atoms with Gasteiger partial charge in [0.15, 0.2) is 0 Å². The SMILES string of the molecule is C=CC(=O)NC(CC)(CC)CC(C)=O. The number of Topliss-reactive ketones (excluding diaryl/α,β-unsaturated/α-hetero) is 1. The van der Waals surface area contributed by atoms with Gasteiger partial charge in [0.1, 0.15) is 5.78 Å². The predicted octanol–water partition coefficient (Wildman–Crippen LogP) is 1.83. The zero-order chi connectivity index (χ0) is 11.2. The van der Waals surface area contributed by atoms with Crippen molar-refractivity contribution < 1.29 is 9.59 Å². The van der Waals surface area contributed by atoms with Gasteiger partial charge in [0.2, 0.25) is 5.91 Å². The Morgan fingerprint density at radius 2 is 1.86 bits per heavy atom. The Balaban J connectivity index is 4.59. The second-order valence-electron chi connectivity index (χ2n) is 3.56. The average molecular weight is 197 g/mol. The van der Waals surface area contributed by atoms with E-state index in [2.05, 4.69) is 11.9 Å². The highest BCUT2D eigenvalue weighted by molar-refractivity contribution is 5.88. The zero-order valence-corrected chi connectivity index (χ0v) is 9.22. The van der Waals surface area contributed by atoms with Gasteiger partial charge in [-0.05, 0) is 25.8 Å². The molecule has 3 nitrogen and oxygen atoms in total. The molecule has 0 aromatic carbocycles. The van der Waals surface area contributed by atoms with Crippen LogP contribution in [-0.2, 0) is 9.59 Å². The molecule has 14 heavy (non-hydrogen) atoms. The van der Waals surface area contributed by atoms with Crippen molar-refractivity contribution >= 4 is 11.7 Å². The first kappa shape index (κ1) is 12.9. The van der Waals surface area contributed by atoms with Gasteiger partial charge in [0.25, 0.3) is 0 Å². The molecule has 1 N–H and O–H groups in total. The van der Waals surface area contributed by atoms with Crippen molar-refractivity contribution in [1.29, 1.82) is 0 Å². The summed E-state index contributed by atoms with van der Waals surface area (Å²) in [6.45, 7) is 8.87. The predicted molar refractivity (Wildman–Crippen MR) is 57.0 cm³/mol. The van der Waals surface area contributed by atoms with Gasteiger partial charge >= 0.3 is 0 Å². The summed E-state index contributed by atoms with van der Waals surface area (Å²) in [5.41, 5.74) is -0.392. The second-order valence-corrected chi connectivity index (χ2v) is 3.56. The van der Waals surface area contributed by atoms with E-state index >= 15 is 0 Å². The quantitative estimate of drug-likeness (QED) is 0.660. The van der Waals surface area contributed by atoms with E-state index < -0.39 is 5.54 Å². The van der Waals surface area contributed by atoms with Gasteiger partial charge in [0, 0.05) is 12.0 Å². The van der Waals surface area contributed by atoms with Crippen molar-refractivity contribution in [2.45, 2.75) is 45.6 Å². The van der Waals surface area contributed by atoms with Crippen LogP contribution in [-0.4, -0.2) is 17.2 Å². The lowest BCUT2D eigenvalue weighted by Gasteiger charge is -2.31. The Morgan fingerprint density at radius 3 is 2.14 bits per heavy atom. The lowest BCUT2D eigenvalue weighted by molar-refractivity contribution is -0.121. The van der Waals surface area contributed by atoms with Crippen molar-refractivity contribution in [3.63, 3.8) is 0 Å². The van der Waals surface area contributed by atoms with Gasteiger partial charge in [-0.15, -0.1) is 0 Å². The van der Waals surface area contributed by atoms with Crippen molar-refractivity contribution in [2.75, 3.05) is 0 Å². The number of hydrogen-bond acceptors (Lipinski definition) is 2. The van der Waals surface area contributed by atoms with E-state index in [0.29, 0.717) is 6.42 Å². The van der Waals surface area contributed by atoms with Crippen molar-refractivity contribution in [1.82, 2.24) is 5.32 Å². The minimum absolute atomic E-state index is 0.0954. The molecule has 0 aromatic rings. The summed E-state index contributed by atoms with van der Waals surface area (Å²) in [6, 6.07) is 0. The number of ketones is 1. The first-order valence-electron chi connectivity index (χ1n) is 4.93. The molecule has 0 saturated heterocycles. The first-order valence-corrected chi connectivity index (χ1v) is 4.93. The summed E-state index contributed by atoms with van der Waals surface area (Å²) >= 11 is 0. The van der Waals surface area contributed by atoms with Crippen molar-refractivity contribution in [3.8, 4) is 0 Å². The molecule has 0 heterocycles. The third-order valence-corrected chi connectivity index (χ3v) is 2.51. The molecule has 0 unspecified atom stereocenters. The summed E-state index contributed by atoms with van der Waals surface area (Å²) in [5.74, 6) is -0.118. The van der Waals surface area contributed by atoms with Gasteiger partial charge in [-0.2, -0.15) is 0 Å². The summed E-state index contributed by atoms with van der Waals surface area (Å²) in [7, 11) is 0. The highest BCUT2D eigenvalue weighted by Gasteiger charge is 2.28. The fourth-order valence-corrected chi connectivity index (χ4v) is 1.51. The minimum Gasteiger partial charge on any atom is -0.347 e. The molecular weight excluding hydrogens is 178 g/mol. The van der Waals surface area contributed by atoms with E-state index in [-0.39, 0.29) is 11.7 Å². The highest BCUT2D eigenvalue weighted by Crippen LogP contribution is 2.20. The van der Waals surface area contributed by atoms with E-state index in [1.54, 1.807) is 6.92 Å². The lowest BCUT2D eigenvalue weighted by atomic mass is 9.87. The topological polar surface area (TPSA) is 46.2 Å². The number of carbonyl (C=O) groups is 2. The summed E-state index contributed by atoms with van der Waals surface area (Å²) in [4.78, 5) is 22.3. The van der Waals surface area contributed by atoms with E-state index in [9.17, 15) is 9.59 Å². The summed E-state index contributed by atoms with van der Waals surface area (Å²) in [6.07, 6.45) is 3.13. The fraction of sp³-hybridized carbons (Fsp3) is 0.636. The Morgan fingerprint density at radius 1 is 1.36 bits per heavy atom. The monoisotopic (exact) mass is 197 g/mol. The minimum atomic E-state index is -0.392. The molecule has 80 valence electrons. The van der Waals surface area contributed by atoms with Crippen LogP contribution in [0.2, 0.25) is 0 Å². The zero-order valence-electron chi connectivity index (χ0n) is 9.22. The molecule has 0 fully saturated rings. The van der Waals surface area contributed by atoms with Crippen LogP contribution in [0.1, 0.15) is 40.0 Å². The average Bonchev–Trinajstić information content (AvgIpc) is 2.15. The Kier molecular flexibility index (Phi) is 5.13. The van der Waals surface area contributed by atoms with Crippen molar-refractivity contribution in [2.24, 2.45) is 0 Å². The third kappa shape index (κ3) is 3.73. The van der Waals surface area contributed by atoms with Gasteiger partial charge in [-0.1, -0.05) is 20.4 Å². The van der Waals surface area contributed by atoms with Gasteiger partial charge in [-0.25, -0.2) is 0 Å². The van der Waals surface area contributed by atoms with Crippen LogP contribution in [0, 0.1) is 0 Å². The summed E-state index contributed by atoms with van der Waals surface area (Å²) in [5, 5.41) is 2.83. The number of rotatable bonds is 6. The van der Waals surface area contributed by atoms with Gasteiger partial charge in [0.05, 0.1) is 0 Å². The van der Waals surface area contributed by atoms with Crippen LogP contribution < -0.4 is 5.32 Å². The van der Waals surface area contributed by atoms with E-state index in [1.165, 1.54) is 6.08 Å². The number of nitrogens with one attached hydrogen (secondary N) is 1. The Bertz CT molecular complexity index is 229.